The predicted octanol–water partition coefficient (Wildman–Crippen LogP) is 3.87. The number of ether oxygens (including phenoxy) is 2. The number of nitrogens with two attached hydrogens (primary N) is 1. The summed E-state index contributed by atoms with van der Waals surface area (Å²) in [6, 6.07) is 4.70. The number of benzene rings is 1. The molecule has 0 atom stereocenters. The molecule has 0 amide bonds. The molecule has 0 aliphatic heterocycles. The topological polar surface area (TPSA) is 107 Å². The van der Waals surface area contributed by atoms with Gasteiger partial charge in [-0.15, -0.1) is 0 Å². The second-order valence-electron chi connectivity index (χ2n) is 8.19. The van der Waals surface area contributed by atoms with Gasteiger partial charge in [-0.25, -0.2) is 4.39 Å². The second kappa shape index (κ2) is 9.88. The first-order valence-corrected chi connectivity index (χ1v) is 10.4. The summed E-state index contributed by atoms with van der Waals surface area (Å²) in [5, 5.41) is 6.32. The summed E-state index contributed by atoms with van der Waals surface area (Å²) in [6.45, 7) is 4.81. The van der Waals surface area contributed by atoms with Crippen LogP contribution in [0.4, 0.5) is 22.0 Å². The van der Waals surface area contributed by atoms with Crippen molar-refractivity contribution in [1.29, 1.82) is 0 Å². The van der Waals surface area contributed by atoms with Crippen LogP contribution < -0.4 is 25.8 Å². The molecule has 9 heteroatoms. The van der Waals surface area contributed by atoms with Crippen LogP contribution in [0.25, 0.3) is 0 Å². The van der Waals surface area contributed by atoms with E-state index in [1.807, 2.05) is 13.8 Å². The molecular weight excluding hydrogens is 387 g/mol. The van der Waals surface area contributed by atoms with Crippen molar-refractivity contribution in [2.75, 3.05) is 30.8 Å². The van der Waals surface area contributed by atoms with Gasteiger partial charge in [0.2, 0.25) is 11.9 Å². The fourth-order valence-electron chi connectivity index (χ4n) is 3.33. The summed E-state index contributed by atoms with van der Waals surface area (Å²) in [4.78, 5) is 13.1. The third-order valence-electron chi connectivity index (χ3n) is 5.16. The van der Waals surface area contributed by atoms with Gasteiger partial charge in [0.15, 0.2) is 11.6 Å². The van der Waals surface area contributed by atoms with E-state index >= 15 is 0 Å². The van der Waals surface area contributed by atoms with Crippen LogP contribution in [0.5, 0.6) is 11.8 Å². The van der Waals surface area contributed by atoms with Gasteiger partial charge >= 0.3 is 6.01 Å². The molecule has 0 spiro atoms. The van der Waals surface area contributed by atoms with Crippen molar-refractivity contribution in [3.8, 4) is 11.8 Å². The average molecular weight is 419 g/mol. The van der Waals surface area contributed by atoms with Gasteiger partial charge in [0.1, 0.15) is 5.60 Å². The molecule has 0 saturated heterocycles. The van der Waals surface area contributed by atoms with Gasteiger partial charge in [0, 0.05) is 24.8 Å². The average Bonchev–Trinajstić information content (AvgIpc) is 2.73. The summed E-state index contributed by atoms with van der Waals surface area (Å²) in [5.41, 5.74) is 5.63. The van der Waals surface area contributed by atoms with E-state index in [1.165, 1.54) is 51.3 Å². The second-order valence-corrected chi connectivity index (χ2v) is 8.19. The molecule has 30 heavy (non-hydrogen) atoms. The number of hydrogen-bond acceptors (Lipinski definition) is 8. The third-order valence-corrected chi connectivity index (χ3v) is 5.16. The molecular formula is C21H31FN6O2. The van der Waals surface area contributed by atoms with E-state index in [9.17, 15) is 4.39 Å². The Morgan fingerprint density at radius 3 is 2.53 bits per heavy atom. The van der Waals surface area contributed by atoms with Crippen molar-refractivity contribution in [2.24, 2.45) is 11.7 Å². The van der Waals surface area contributed by atoms with Gasteiger partial charge in [-0.2, -0.15) is 15.0 Å². The van der Waals surface area contributed by atoms with Crippen LogP contribution in [-0.4, -0.2) is 40.8 Å². The van der Waals surface area contributed by atoms with Crippen LogP contribution in [0.15, 0.2) is 18.2 Å². The Kier molecular flexibility index (Phi) is 7.25. The molecule has 8 nitrogen and oxygen atoms in total. The van der Waals surface area contributed by atoms with Crippen molar-refractivity contribution in [3.05, 3.63) is 24.0 Å². The minimum absolute atomic E-state index is 0.156. The first kappa shape index (κ1) is 22.0. The van der Waals surface area contributed by atoms with Gasteiger partial charge in [-0.05, 0) is 44.7 Å². The van der Waals surface area contributed by atoms with Crippen molar-refractivity contribution in [1.82, 2.24) is 15.0 Å². The highest BCUT2D eigenvalue weighted by Gasteiger charge is 2.21. The van der Waals surface area contributed by atoms with E-state index in [2.05, 4.69) is 25.6 Å². The first-order chi connectivity index (χ1) is 14.4. The third kappa shape index (κ3) is 6.16. The fourth-order valence-corrected chi connectivity index (χ4v) is 3.33. The Hall–Kier alpha value is -2.68. The molecule has 3 rings (SSSR count). The molecule has 1 fully saturated rings. The highest BCUT2D eigenvalue weighted by Crippen LogP contribution is 2.26. The maximum absolute atomic E-state index is 14.0. The molecule has 1 aromatic carbocycles. The normalized spacial score (nSPS) is 15.0. The molecule has 2 aromatic rings. The maximum Gasteiger partial charge on any atom is 0.323 e. The zero-order valence-corrected chi connectivity index (χ0v) is 17.9. The monoisotopic (exact) mass is 418 g/mol. The van der Waals surface area contributed by atoms with Crippen molar-refractivity contribution < 1.29 is 13.9 Å². The highest BCUT2D eigenvalue weighted by molar-refractivity contribution is 5.56. The molecule has 0 radical (unpaired) electrons. The molecule has 1 aliphatic rings. The zero-order chi connectivity index (χ0) is 21.6. The van der Waals surface area contributed by atoms with Gasteiger partial charge in [-0.1, -0.05) is 19.3 Å². The predicted molar refractivity (Wildman–Crippen MR) is 115 cm³/mol. The lowest BCUT2D eigenvalue weighted by atomic mass is 9.89. The van der Waals surface area contributed by atoms with Gasteiger partial charge in [0.25, 0.3) is 0 Å². The molecule has 1 aliphatic carbocycles. The Labute approximate surface area is 176 Å². The largest absolute Gasteiger partial charge is 0.494 e. The van der Waals surface area contributed by atoms with Crippen LogP contribution >= 0.6 is 0 Å². The quantitative estimate of drug-likeness (QED) is 0.563. The number of nitrogens with one attached hydrogen (secondary N) is 2. The van der Waals surface area contributed by atoms with Crippen LogP contribution in [-0.2, 0) is 0 Å². The minimum Gasteiger partial charge on any atom is -0.494 e. The Morgan fingerprint density at radius 1 is 1.13 bits per heavy atom. The summed E-state index contributed by atoms with van der Waals surface area (Å²) in [7, 11) is 1.42. The lowest BCUT2D eigenvalue weighted by Gasteiger charge is -2.24. The van der Waals surface area contributed by atoms with E-state index in [0.29, 0.717) is 24.1 Å². The van der Waals surface area contributed by atoms with Crippen molar-refractivity contribution >= 4 is 17.6 Å². The van der Waals surface area contributed by atoms with E-state index in [-0.39, 0.29) is 17.7 Å². The minimum atomic E-state index is -0.633. The summed E-state index contributed by atoms with van der Waals surface area (Å²) < 4.78 is 24.9. The lowest BCUT2D eigenvalue weighted by Crippen LogP contribution is -2.37. The summed E-state index contributed by atoms with van der Waals surface area (Å²) >= 11 is 0. The SMILES string of the molecule is COc1ccc(Nc2nc(NCC3CCCCC3)nc(OC(C)(C)CN)n2)cc1F. The number of rotatable bonds is 9. The van der Waals surface area contributed by atoms with E-state index in [4.69, 9.17) is 15.2 Å². The standard InChI is InChI=1S/C21H31FN6O2/c1-21(2,13-23)30-20-27-18(24-12-14-7-5-4-6-8-14)26-19(28-20)25-15-9-10-17(29-3)16(22)11-15/h9-11,14H,4-8,12-13,23H2,1-3H3,(H2,24,25,26,27,28). The molecule has 0 bridgehead atoms. The molecule has 164 valence electrons. The number of hydrogen-bond donors (Lipinski definition) is 3. The molecule has 1 saturated carbocycles. The van der Waals surface area contributed by atoms with E-state index < -0.39 is 11.4 Å². The van der Waals surface area contributed by atoms with Crippen LogP contribution in [0.3, 0.4) is 0 Å². The van der Waals surface area contributed by atoms with Crippen molar-refractivity contribution in [2.45, 2.75) is 51.6 Å². The fraction of sp³-hybridized carbons (Fsp3) is 0.571. The number of aromatic nitrogens is 3. The van der Waals surface area contributed by atoms with Gasteiger partial charge < -0.3 is 25.8 Å². The lowest BCUT2D eigenvalue weighted by molar-refractivity contribution is 0.105. The first-order valence-electron chi connectivity index (χ1n) is 10.4. The number of anilines is 3. The van der Waals surface area contributed by atoms with Gasteiger partial charge in [0.05, 0.1) is 7.11 Å². The maximum atomic E-state index is 14.0. The molecule has 4 N–H and O–H groups in total. The Morgan fingerprint density at radius 2 is 1.87 bits per heavy atom. The Balaban J connectivity index is 1.80. The van der Waals surface area contributed by atoms with E-state index in [0.717, 1.165) is 6.54 Å². The van der Waals surface area contributed by atoms with Crippen molar-refractivity contribution in [3.63, 3.8) is 0 Å². The smallest absolute Gasteiger partial charge is 0.323 e. The molecule has 1 heterocycles. The summed E-state index contributed by atoms with van der Waals surface area (Å²) in [5.74, 6) is 0.957. The van der Waals surface area contributed by atoms with Crippen LogP contribution in [0, 0.1) is 11.7 Å². The highest BCUT2D eigenvalue weighted by atomic mass is 19.1. The Bertz CT molecular complexity index is 842. The van der Waals surface area contributed by atoms with Crippen LogP contribution in [0.1, 0.15) is 46.0 Å². The zero-order valence-electron chi connectivity index (χ0n) is 17.9. The van der Waals surface area contributed by atoms with Crippen LogP contribution in [0.2, 0.25) is 0 Å². The number of nitrogens with zero attached hydrogens (tertiary/aromatic N) is 3. The molecule has 0 unspecified atom stereocenters. The number of methoxy groups -OCH3 is 1. The number of halogens is 1. The molecule has 1 aromatic heterocycles. The van der Waals surface area contributed by atoms with E-state index in [1.54, 1.807) is 6.07 Å². The summed E-state index contributed by atoms with van der Waals surface area (Å²) in [6.07, 6.45) is 6.24. The van der Waals surface area contributed by atoms with Gasteiger partial charge in [-0.3, -0.25) is 0 Å².